The summed E-state index contributed by atoms with van der Waals surface area (Å²) in [5.41, 5.74) is 2.35. The van der Waals surface area contributed by atoms with Gasteiger partial charge in [-0.2, -0.15) is 5.10 Å². The van der Waals surface area contributed by atoms with Crippen molar-refractivity contribution in [1.29, 1.82) is 0 Å². The van der Waals surface area contributed by atoms with Crippen molar-refractivity contribution in [3.8, 4) is 0 Å². The van der Waals surface area contributed by atoms with E-state index < -0.39 is 0 Å². The minimum atomic E-state index is 0.496. The number of nitrogens with one attached hydrogen (secondary N) is 1. The zero-order valence-electron chi connectivity index (χ0n) is 9.05. The Morgan fingerprint density at radius 3 is 2.93 bits per heavy atom. The van der Waals surface area contributed by atoms with Crippen LogP contribution in [0.25, 0.3) is 0 Å². The second kappa shape index (κ2) is 5.51. The van der Waals surface area contributed by atoms with Crippen molar-refractivity contribution in [2.24, 2.45) is 0 Å². The van der Waals surface area contributed by atoms with Gasteiger partial charge in [0.25, 0.3) is 0 Å². The molecular formula is C10H18BrN3. The highest BCUT2D eigenvalue weighted by molar-refractivity contribution is 9.09. The molecule has 0 amide bonds. The van der Waals surface area contributed by atoms with Crippen molar-refractivity contribution < 1.29 is 0 Å². The summed E-state index contributed by atoms with van der Waals surface area (Å²) in [6.07, 6.45) is 0. The first-order valence-electron chi connectivity index (χ1n) is 5.00. The van der Waals surface area contributed by atoms with E-state index in [9.17, 15) is 0 Å². The van der Waals surface area contributed by atoms with Crippen LogP contribution in [0.4, 0.5) is 0 Å². The first-order valence-corrected chi connectivity index (χ1v) is 6.12. The summed E-state index contributed by atoms with van der Waals surface area (Å²) >= 11 is 3.44. The van der Waals surface area contributed by atoms with Crippen LogP contribution in [0.2, 0.25) is 0 Å². The molecule has 0 radical (unpaired) electrons. The lowest BCUT2D eigenvalue weighted by Crippen LogP contribution is -2.27. The molecule has 1 heterocycles. The van der Waals surface area contributed by atoms with E-state index in [4.69, 9.17) is 0 Å². The first-order chi connectivity index (χ1) is 6.67. The zero-order valence-corrected chi connectivity index (χ0v) is 10.6. The molecule has 80 valence electrons. The van der Waals surface area contributed by atoms with Crippen molar-refractivity contribution in [3.05, 3.63) is 17.5 Å². The van der Waals surface area contributed by atoms with Gasteiger partial charge in [-0.25, -0.2) is 0 Å². The molecule has 0 saturated heterocycles. The van der Waals surface area contributed by atoms with E-state index in [0.29, 0.717) is 6.04 Å². The van der Waals surface area contributed by atoms with Gasteiger partial charge in [0.05, 0.1) is 11.4 Å². The van der Waals surface area contributed by atoms with Gasteiger partial charge in [0.15, 0.2) is 0 Å². The topological polar surface area (TPSA) is 29.9 Å². The van der Waals surface area contributed by atoms with Gasteiger partial charge in [0, 0.05) is 24.5 Å². The van der Waals surface area contributed by atoms with Crippen LogP contribution in [-0.2, 0) is 13.1 Å². The predicted molar refractivity (Wildman–Crippen MR) is 62.7 cm³/mol. The molecule has 0 aliphatic carbocycles. The minimum Gasteiger partial charge on any atom is -0.308 e. The van der Waals surface area contributed by atoms with E-state index in [-0.39, 0.29) is 0 Å². The Balaban J connectivity index is 2.57. The lowest BCUT2D eigenvalue weighted by molar-refractivity contribution is 0.545. The number of aromatic nitrogens is 2. The molecular weight excluding hydrogens is 242 g/mol. The van der Waals surface area contributed by atoms with Gasteiger partial charge in [0.2, 0.25) is 0 Å². The Hall–Kier alpha value is -0.350. The number of halogens is 1. The van der Waals surface area contributed by atoms with Crippen LogP contribution < -0.4 is 5.32 Å². The molecule has 14 heavy (non-hydrogen) atoms. The van der Waals surface area contributed by atoms with E-state index >= 15 is 0 Å². The number of aryl methyl sites for hydroxylation is 2. The average molecular weight is 260 g/mol. The molecule has 0 saturated carbocycles. The average Bonchev–Trinajstić information content (AvgIpc) is 2.55. The number of rotatable bonds is 5. The molecule has 0 spiro atoms. The van der Waals surface area contributed by atoms with Crippen LogP contribution in [0.5, 0.6) is 0 Å². The SMILES string of the molecule is CCn1nc(C)cc1CNC(C)CBr. The predicted octanol–water partition coefficient (Wildman–Crippen LogP) is 2.08. The first kappa shape index (κ1) is 11.7. The third-order valence-corrected chi connectivity index (χ3v) is 3.12. The Labute approximate surface area is 94.0 Å². The molecule has 0 fully saturated rings. The second-order valence-electron chi connectivity index (χ2n) is 3.53. The second-order valence-corrected chi connectivity index (χ2v) is 4.18. The zero-order chi connectivity index (χ0) is 10.6. The summed E-state index contributed by atoms with van der Waals surface area (Å²) in [4.78, 5) is 0. The Kier molecular flexibility index (Phi) is 4.62. The Morgan fingerprint density at radius 2 is 2.36 bits per heavy atom. The summed E-state index contributed by atoms with van der Waals surface area (Å²) in [5.74, 6) is 0. The van der Waals surface area contributed by atoms with Gasteiger partial charge in [-0.1, -0.05) is 15.9 Å². The van der Waals surface area contributed by atoms with E-state index in [1.165, 1.54) is 5.69 Å². The van der Waals surface area contributed by atoms with Crippen LogP contribution in [0, 0.1) is 6.92 Å². The maximum atomic E-state index is 4.40. The van der Waals surface area contributed by atoms with Gasteiger partial charge in [0.1, 0.15) is 0 Å². The number of nitrogens with zero attached hydrogens (tertiary/aromatic N) is 2. The van der Waals surface area contributed by atoms with Gasteiger partial charge >= 0.3 is 0 Å². The lowest BCUT2D eigenvalue weighted by atomic mass is 10.3. The van der Waals surface area contributed by atoms with E-state index in [1.807, 2.05) is 11.6 Å². The van der Waals surface area contributed by atoms with Crippen LogP contribution in [0.1, 0.15) is 25.2 Å². The van der Waals surface area contributed by atoms with Gasteiger partial charge in [-0.05, 0) is 26.8 Å². The highest BCUT2D eigenvalue weighted by atomic mass is 79.9. The molecule has 3 nitrogen and oxygen atoms in total. The van der Waals surface area contributed by atoms with Crippen molar-refractivity contribution in [2.75, 3.05) is 5.33 Å². The van der Waals surface area contributed by atoms with Crippen molar-refractivity contribution in [2.45, 2.75) is 39.9 Å². The molecule has 0 bridgehead atoms. The number of hydrogen-bond donors (Lipinski definition) is 1. The summed E-state index contributed by atoms with van der Waals surface area (Å²) in [6.45, 7) is 8.14. The fourth-order valence-corrected chi connectivity index (χ4v) is 1.58. The highest BCUT2D eigenvalue weighted by Gasteiger charge is 2.05. The third-order valence-electron chi connectivity index (χ3n) is 2.15. The van der Waals surface area contributed by atoms with Gasteiger partial charge in [-0.3, -0.25) is 4.68 Å². The molecule has 0 aliphatic rings. The molecule has 1 N–H and O–H groups in total. The highest BCUT2D eigenvalue weighted by Crippen LogP contribution is 2.04. The third kappa shape index (κ3) is 3.10. The van der Waals surface area contributed by atoms with E-state index in [0.717, 1.165) is 24.1 Å². The smallest absolute Gasteiger partial charge is 0.0597 e. The summed E-state index contributed by atoms with van der Waals surface area (Å²) in [6, 6.07) is 2.63. The number of hydrogen-bond acceptors (Lipinski definition) is 2. The lowest BCUT2D eigenvalue weighted by Gasteiger charge is -2.10. The van der Waals surface area contributed by atoms with E-state index in [1.54, 1.807) is 0 Å². The standard InChI is InChI=1S/C10H18BrN3/c1-4-14-10(5-8(2)13-14)7-12-9(3)6-11/h5,9,12H,4,6-7H2,1-3H3. The number of alkyl halides is 1. The molecule has 1 aromatic rings. The normalized spacial score (nSPS) is 13.1. The van der Waals surface area contributed by atoms with Crippen LogP contribution in [0.15, 0.2) is 6.07 Å². The van der Waals surface area contributed by atoms with Crippen molar-refractivity contribution in [1.82, 2.24) is 15.1 Å². The van der Waals surface area contributed by atoms with Gasteiger partial charge < -0.3 is 5.32 Å². The quantitative estimate of drug-likeness (QED) is 0.821. The van der Waals surface area contributed by atoms with Crippen LogP contribution in [0.3, 0.4) is 0 Å². The van der Waals surface area contributed by atoms with Gasteiger partial charge in [-0.15, -0.1) is 0 Å². The Bertz CT molecular complexity index is 283. The maximum Gasteiger partial charge on any atom is 0.0597 e. The largest absolute Gasteiger partial charge is 0.308 e. The molecule has 1 rings (SSSR count). The Morgan fingerprint density at radius 1 is 1.64 bits per heavy atom. The van der Waals surface area contributed by atoms with E-state index in [2.05, 4.69) is 46.3 Å². The summed E-state index contributed by atoms with van der Waals surface area (Å²) < 4.78 is 2.04. The minimum absolute atomic E-state index is 0.496. The van der Waals surface area contributed by atoms with Crippen LogP contribution in [-0.4, -0.2) is 21.2 Å². The van der Waals surface area contributed by atoms with Crippen molar-refractivity contribution in [3.63, 3.8) is 0 Å². The fraction of sp³-hybridized carbons (Fsp3) is 0.700. The fourth-order valence-electron chi connectivity index (χ4n) is 1.35. The summed E-state index contributed by atoms with van der Waals surface area (Å²) in [7, 11) is 0. The molecule has 1 atom stereocenters. The molecule has 1 aromatic heterocycles. The molecule has 0 aliphatic heterocycles. The maximum absolute atomic E-state index is 4.40. The monoisotopic (exact) mass is 259 g/mol. The summed E-state index contributed by atoms with van der Waals surface area (Å²) in [5, 5.41) is 8.81. The molecule has 1 unspecified atom stereocenters. The van der Waals surface area contributed by atoms with Crippen molar-refractivity contribution >= 4 is 15.9 Å². The molecule has 0 aromatic carbocycles. The molecule has 4 heteroatoms. The van der Waals surface area contributed by atoms with Crippen LogP contribution >= 0.6 is 15.9 Å².